The first kappa shape index (κ1) is 30.9. The van der Waals surface area contributed by atoms with Crippen LogP contribution in [0, 0.1) is 23.7 Å². The number of esters is 1. The number of amides is 1. The second kappa shape index (κ2) is 15.2. The second-order valence-electron chi connectivity index (χ2n) is 11.0. The molecule has 0 spiro atoms. The van der Waals surface area contributed by atoms with Crippen molar-refractivity contribution >= 4 is 11.9 Å². The lowest BCUT2D eigenvalue weighted by molar-refractivity contribution is -0.158. The molecule has 0 heterocycles. The van der Waals surface area contributed by atoms with Crippen LogP contribution in [0.15, 0.2) is 48.1 Å². The summed E-state index contributed by atoms with van der Waals surface area (Å²) in [7, 11) is 1.60. The van der Waals surface area contributed by atoms with Crippen molar-refractivity contribution < 1.29 is 34.1 Å². The molecular formula is C31H45NO7. The molecule has 0 radical (unpaired) electrons. The zero-order chi connectivity index (χ0) is 28.4. The van der Waals surface area contributed by atoms with E-state index in [1.165, 1.54) is 5.57 Å². The molecule has 1 aromatic carbocycles. The summed E-state index contributed by atoms with van der Waals surface area (Å²) in [6.07, 6.45) is 9.16. The second-order valence-corrected chi connectivity index (χ2v) is 11.0. The number of rotatable bonds is 14. The number of ether oxygens (including phenoxy) is 3. The van der Waals surface area contributed by atoms with E-state index in [-0.39, 0.29) is 55.2 Å². The topological polar surface area (TPSA) is 114 Å². The molecule has 7 atom stereocenters. The van der Waals surface area contributed by atoms with Gasteiger partial charge in [0, 0.05) is 12.3 Å². The third kappa shape index (κ3) is 8.92. The molecule has 0 aromatic heterocycles. The Hall–Kier alpha value is -2.68. The number of carbonyl (C=O) groups excluding carboxylic acids is 2. The Bertz CT molecular complexity index is 989. The van der Waals surface area contributed by atoms with Crippen molar-refractivity contribution in [3.8, 4) is 5.75 Å². The van der Waals surface area contributed by atoms with Gasteiger partial charge in [0.05, 0.1) is 38.3 Å². The van der Waals surface area contributed by atoms with Gasteiger partial charge in [0.15, 0.2) is 0 Å². The van der Waals surface area contributed by atoms with Gasteiger partial charge < -0.3 is 19.3 Å². The number of fused-ring (bicyclic) bond motifs is 1. The van der Waals surface area contributed by atoms with Crippen LogP contribution in [0.2, 0.25) is 0 Å². The summed E-state index contributed by atoms with van der Waals surface area (Å²) in [6.45, 7) is 6.35. The maximum absolute atomic E-state index is 12.6. The van der Waals surface area contributed by atoms with E-state index < -0.39 is 18.1 Å². The van der Waals surface area contributed by atoms with Crippen LogP contribution in [0.5, 0.6) is 5.75 Å². The van der Waals surface area contributed by atoms with Gasteiger partial charge >= 0.3 is 5.97 Å². The van der Waals surface area contributed by atoms with Gasteiger partial charge in [0.1, 0.15) is 11.9 Å². The van der Waals surface area contributed by atoms with Gasteiger partial charge in [-0.15, -0.1) is 0 Å². The normalized spacial score (nSPS) is 24.6. The van der Waals surface area contributed by atoms with Crippen molar-refractivity contribution in [2.24, 2.45) is 23.7 Å². The zero-order valence-electron chi connectivity index (χ0n) is 23.7. The molecule has 0 fully saturated rings. The molecule has 3 rings (SSSR count). The monoisotopic (exact) mass is 543 g/mol. The third-order valence-electron chi connectivity index (χ3n) is 8.18. The molecule has 0 bridgehead atoms. The molecule has 39 heavy (non-hydrogen) atoms. The molecule has 1 aromatic rings. The SMILES string of the molecule is CCC(C)C(=O)OC1CCC=C2C=CC(C)C(CCC(O)CC(CC(=O)NO)OCc3ccc(OC)cc3)C21. The van der Waals surface area contributed by atoms with Crippen LogP contribution in [0.3, 0.4) is 0 Å². The van der Waals surface area contributed by atoms with Crippen LogP contribution in [0.1, 0.15) is 71.3 Å². The number of aliphatic hydroxyl groups excluding tert-OH is 1. The Kier molecular flexibility index (Phi) is 12.0. The van der Waals surface area contributed by atoms with Crippen molar-refractivity contribution in [1.82, 2.24) is 5.48 Å². The number of aliphatic hydroxyl groups is 1. The predicted molar refractivity (Wildman–Crippen MR) is 148 cm³/mol. The van der Waals surface area contributed by atoms with Crippen LogP contribution in [0.25, 0.3) is 0 Å². The fourth-order valence-electron chi connectivity index (χ4n) is 5.59. The maximum Gasteiger partial charge on any atom is 0.308 e. The minimum Gasteiger partial charge on any atom is -0.497 e. The first-order valence-corrected chi connectivity index (χ1v) is 14.2. The number of hydrogen-bond acceptors (Lipinski definition) is 7. The van der Waals surface area contributed by atoms with Gasteiger partial charge in [0.25, 0.3) is 0 Å². The molecule has 0 aliphatic heterocycles. The van der Waals surface area contributed by atoms with Crippen molar-refractivity contribution in [2.75, 3.05) is 7.11 Å². The minimum atomic E-state index is -0.687. The Balaban J connectivity index is 1.62. The van der Waals surface area contributed by atoms with Crippen LogP contribution in [-0.2, 0) is 25.7 Å². The van der Waals surface area contributed by atoms with E-state index in [0.29, 0.717) is 6.42 Å². The van der Waals surface area contributed by atoms with Crippen molar-refractivity contribution in [1.29, 1.82) is 0 Å². The summed E-state index contributed by atoms with van der Waals surface area (Å²) < 4.78 is 17.2. The first-order chi connectivity index (χ1) is 18.7. The molecule has 0 saturated heterocycles. The molecule has 8 heteroatoms. The number of hydrogen-bond donors (Lipinski definition) is 3. The Morgan fingerprint density at radius 2 is 1.95 bits per heavy atom. The number of allylic oxidation sites excluding steroid dienone is 3. The summed E-state index contributed by atoms with van der Waals surface area (Å²) in [5, 5.41) is 20.0. The van der Waals surface area contributed by atoms with E-state index in [0.717, 1.165) is 37.0 Å². The summed E-state index contributed by atoms with van der Waals surface area (Å²) in [4.78, 5) is 24.5. The molecule has 0 saturated carbocycles. The van der Waals surface area contributed by atoms with Crippen molar-refractivity contribution in [3.05, 3.63) is 53.6 Å². The van der Waals surface area contributed by atoms with E-state index in [1.54, 1.807) is 12.6 Å². The number of benzene rings is 1. The number of nitrogens with one attached hydrogen (secondary N) is 1. The molecule has 3 N–H and O–H groups in total. The van der Waals surface area contributed by atoms with Gasteiger partial charge in [-0.2, -0.15) is 0 Å². The highest BCUT2D eigenvalue weighted by atomic mass is 16.5. The first-order valence-electron chi connectivity index (χ1n) is 14.2. The van der Waals surface area contributed by atoms with Crippen molar-refractivity contribution in [2.45, 2.75) is 90.6 Å². The van der Waals surface area contributed by atoms with Gasteiger partial charge in [0.2, 0.25) is 5.91 Å². The van der Waals surface area contributed by atoms with Gasteiger partial charge in [-0.05, 0) is 67.2 Å². The lowest BCUT2D eigenvalue weighted by Gasteiger charge is -2.42. The van der Waals surface area contributed by atoms with Gasteiger partial charge in [-0.1, -0.05) is 51.1 Å². The fraction of sp³-hybridized carbons (Fsp3) is 0.613. The molecule has 7 unspecified atom stereocenters. The highest BCUT2D eigenvalue weighted by Gasteiger charge is 2.40. The molecule has 2 aliphatic rings. The number of hydroxylamine groups is 1. The smallest absolute Gasteiger partial charge is 0.308 e. The quantitative estimate of drug-likeness (QED) is 0.169. The summed E-state index contributed by atoms with van der Waals surface area (Å²) in [5.41, 5.74) is 3.80. The molecule has 2 aliphatic carbocycles. The highest BCUT2D eigenvalue weighted by molar-refractivity contribution is 5.75. The zero-order valence-corrected chi connectivity index (χ0v) is 23.7. The Morgan fingerprint density at radius 1 is 1.21 bits per heavy atom. The third-order valence-corrected chi connectivity index (χ3v) is 8.18. The highest BCUT2D eigenvalue weighted by Crippen LogP contribution is 2.44. The largest absolute Gasteiger partial charge is 0.497 e. The average molecular weight is 544 g/mol. The van der Waals surface area contributed by atoms with Crippen LogP contribution in [0.4, 0.5) is 0 Å². The van der Waals surface area contributed by atoms with Gasteiger partial charge in [-0.25, -0.2) is 5.48 Å². The van der Waals surface area contributed by atoms with E-state index in [9.17, 15) is 14.7 Å². The Morgan fingerprint density at radius 3 is 2.62 bits per heavy atom. The summed E-state index contributed by atoms with van der Waals surface area (Å²) >= 11 is 0. The molecular weight excluding hydrogens is 498 g/mol. The number of methoxy groups -OCH3 is 1. The Labute approximate surface area is 232 Å². The molecule has 216 valence electrons. The fourth-order valence-corrected chi connectivity index (χ4v) is 5.59. The molecule has 1 amide bonds. The van der Waals surface area contributed by atoms with Crippen LogP contribution >= 0.6 is 0 Å². The summed E-state index contributed by atoms with van der Waals surface area (Å²) in [5.74, 6) is 0.544. The van der Waals surface area contributed by atoms with Crippen molar-refractivity contribution in [3.63, 3.8) is 0 Å². The van der Waals surface area contributed by atoms with E-state index >= 15 is 0 Å². The standard InChI is InChI=1S/C31H45NO7/c1-5-20(2)31(35)39-28-8-6-7-23-12-9-21(3)27(30(23)28)16-13-24(33)17-26(18-29(34)32-36)38-19-22-10-14-25(37-4)15-11-22/h7,9-12,14-15,20-21,24,26-28,30,33,36H,5-6,8,13,16-19H2,1-4H3,(H,32,34). The molecule has 8 nitrogen and oxygen atoms in total. The lowest BCUT2D eigenvalue weighted by atomic mass is 9.66. The lowest BCUT2D eigenvalue weighted by Crippen LogP contribution is -2.40. The summed E-state index contributed by atoms with van der Waals surface area (Å²) in [6, 6.07) is 7.45. The van der Waals surface area contributed by atoms with Crippen LogP contribution in [-0.4, -0.2) is 47.6 Å². The van der Waals surface area contributed by atoms with E-state index in [4.69, 9.17) is 19.4 Å². The predicted octanol–water partition coefficient (Wildman–Crippen LogP) is 5.12. The van der Waals surface area contributed by atoms with E-state index in [2.05, 4.69) is 25.2 Å². The average Bonchev–Trinajstić information content (AvgIpc) is 2.95. The van der Waals surface area contributed by atoms with E-state index in [1.807, 2.05) is 38.1 Å². The maximum atomic E-state index is 12.6. The minimum absolute atomic E-state index is 0.0601. The van der Waals surface area contributed by atoms with Gasteiger partial charge in [-0.3, -0.25) is 14.8 Å². The number of carbonyl (C=O) groups is 2. The van der Waals surface area contributed by atoms with Crippen LogP contribution < -0.4 is 10.2 Å².